The van der Waals surface area contributed by atoms with E-state index in [0.29, 0.717) is 5.82 Å². The van der Waals surface area contributed by atoms with Gasteiger partial charge in [-0.2, -0.15) is 10.3 Å². The Balaban J connectivity index is 1.42. The molecule has 0 amide bonds. The van der Waals surface area contributed by atoms with Gasteiger partial charge >= 0.3 is 0 Å². The molecule has 4 aromatic rings. The van der Waals surface area contributed by atoms with Crippen molar-refractivity contribution in [2.45, 2.75) is 58.6 Å². The van der Waals surface area contributed by atoms with E-state index in [4.69, 9.17) is 5.10 Å². The Hall–Kier alpha value is -3.32. The third-order valence-electron chi connectivity index (χ3n) is 6.45. The summed E-state index contributed by atoms with van der Waals surface area (Å²) in [4.78, 5) is 0. The minimum Gasteiger partial charge on any atom is -0.390 e. The van der Waals surface area contributed by atoms with Crippen LogP contribution < -0.4 is 0 Å². The molecule has 1 saturated carbocycles. The highest BCUT2D eigenvalue weighted by atomic mass is 16.3. The highest BCUT2D eigenvalue weighted by Crippen LogP contribution is 2.33. The average molecular weight is 443 g/mol. The molecule has 1 fully saturated rings. The topological polar surface area (TPSA) is 92.5 Å². The molecular formula is C26H30N6O. The standard InChI is InChI=1S/C26H30N6O/c1-2-3-8-24-23(25(17-33)32(29-24)16-19-9-10-19)15-18-11-13-20(14-12-18)21-6-4-5-7-22(21)26-27-30-31-28-26/h4-7,11-14,19,33H,2-3,8-10,15-17H2,1H3,(H,27,28,30,31). The van der Waals surface area contributed by atoms with Gasteiger partial charge in [0, 0.05) is 24.1 Å². The molecular weight excluding hydrogens is 412 g/mol. The van der Waals surface area contributed by atoms with E-state index in [1.807, 2.05) is 18.2 Å². The van der Waals surface area contributed by atoms with Crippen molar-refractivity contribution >= 4 is 0 Å². The van der Waals surface area contributed by atoms with Gasteiger partial charge < -0.3 is 5.11 Å². The first-order valence-corrected chi connectivity index (χ1v) is 11.9. The first-order chi connectivity index (χ1) is 16.3. The van der Waals surface area contributed by atoms with Gasteiger partial charge in [-0.3, -0.25) is 4.68 Å². The van der Waals surface area contributed by atoms with E-state index in [1.54, 1.807) is 0 Å². The fraction of sp³-hybridized carbons (Fsp3) is 0.385. The maximum absolute atomic E-state index is 10.2. The van der Waals surface area contributed by atoms with Gasteiger partial charge in [-0.15, -0.1) is 10.2 Å². The lowest BCUT2D eigenvalue weighted by molar-refractivity contribution is 0.265. The summed E-state index contributed by atoms with van der Waals surface area (Å²) in [5.41, 5.74) is 7.68. The number of aliphatic hydroxyl groups excluding tert-OH is 1. The van der Waals surface area contributed by atoms with Crippen molar-refractivity contribution in [3.05, 3.63) is 71.0 Å². The van der Waals surface area contributed by atoms with E-state index in [-0.39, 0.29) is 6.61 Å². The van der Waals surface area contributed by atoms with Crippen LogP contribution >= 0.6 is 0 Å². The largest absolute Gasteiger partial charge is 0.390 e. The van der Waals surface area contributed by atoms with Gasteiger partial charge in [0.1, 0.15) is 0 Å². The Morgan fingerprint density at radius 3 is 2.52 bits per heavy atom. The number of nitrogens with zero attached hydrogens (tertiary/aromatic N) is 5. The highest BCUT2D eigenvalue weighted by Gasteiger charge is 2.25. The van der Waals surface area contributed by atoms with E-state index in [2.05, 4.69) is 62.6 Å². The molecule has 0 bridgehead atoms. The van der Waals surface area contributed by atoms with Crippen LogP contribution in [0.5, 0.6) is 0 Å². The molecule has 0 radical (unpaired) electrons. The molecule has 0 atom stereocenters. The monoisotopic (exact) mass is 442 g/mol. The van der Waals surface area contributed by atoms with Crippen LogP contribution in [0, 0.1) is 5.92 Å². The summed E-state index contributed by atoms with van der Waals surface area (Å²) in [6.45, 7) is 3.18. The highest BCUT2D eigenvalue weighted by molar-refractivity contribution is 5.80. The number of H-pyrrole nitrogens is 1. The Labute approximate surface area is 193 Å². The van der Waals surface area contributed by atoms with Gasteiger partial charge in [-0.1, -0.05) is 61.9 Å². The van der Waals surface area contributed by atoms with E-state index >= 15 is 0 Å². The Morgan fingerprint density at radius 1 is 1.06 bits per heavy atom. The molecule has 1 aliphatic carbocycles. The molecule has 7 heteroatoms. The number of aromatic amines is 1. The molecule has 2 aromatic carbocycles. The lowest BCUT2D eigenvalue weighted by Gasteiger charge is -2.10. The number of hydrogen-bond acceptors (Lipinski definition) is 5. The summed E-state index contributed by atoms with van der Waals surface area (Å²) in [5, 5.41) is 29.6. The molecule has 170 valence electrons. The summed E-state index contributed by atoms with van der Waals surface area (Å²) in [7, 11) is 0. The van der Waals surface area contributed by atoms with Gasteiger partial charge in [-0.05, 0) is 53.5 Å². The molecule has 0 saturated heterocycles. The molecule has 0 unspecified atom stereocenters. The van der Waals surface area contributed by atoms with Crippen LogP contribution in [0.1, 0.15) is 55.1 Å². The van der Waals surface area contributed by atoms with Crippen LogP contribution in [0.3, 0.4) is 0 Å². The number of benzene rings is 2. The summed E-state index contributed by atoms with van der Waals surface area (Å²) in [6, 6.07) is 16.7. The van der Waals surface area contributed by atoms with Gasteiger partial charge in [-0.25, -0.2) is 0 Å². The van der Waals surface area contributed by atoms with Crippen LogP contribution in [-0.4, -0.2) is 35.5 Å². The summed E-state index contributed by atoms with van der Waals surface area (Å²) in [5.74, 6) is 1.31. The van der Waals surface area contributed by atoms with Crippen molar-refractivity contribution in [3.8, 4) is 22.5 Å². The second-order valence-corrected chi connectivity index (χ2v) is 8.91. The summed E-state index contributed by atoms with van der Waals surface area (Å²) < 4.78 is 2.08. The lowest BCUT2D eigenvalue weighted by Crippen LogP contribution is -2.07. The molecule has 2 aromatic heterocycles. The minimum atomic E-state index is 0.0390. The zero-order valence-corrected chi connectivity index (χ0v) is 19.0. The van der Waals surface area contributed by atoms with Crippen molar-refractivity contribution in [2.75, 3.05) is 0 Å². The first kappa shape index (κ1) is 21.5. The summed E-state index contributed by atoms with van der Waals surface area (Å²) >= 11 is 0. The Bertz CT molecular complexity index is 1190. The number of hydrogen-bond donors (Lipinski definition) is 2. The second-order valence-electron chi connectivity index (χ2n) is 8.91. The van der Waals surface area contributed by atoms with Crippen LogP contribution in [0.2, 0.25) is 0 Å². The number of tetrazole rings is 1. The molecule has 2 N–H and O–H groups in total. The third kappa shape index (κ3) is 4.73. The van der Waals surface area contributed by atoms with E-state index in [1.165, 1.54) is 24.0 Å². The fourth-order valence-electron chi connectivity index (χ4n) is 4.42. The van der Waals surface area contributed by atoms with Crippen LogP contribution in [-0.2, 0) is 26.0 Å². The van der Waals surface area contributed by atoms with Crippen molar-refractivity contribution in [1.82, 2.24) is 30.4 Å². The average Bonchev–Trinajstić information content (AvgIpc) is 3.38. The molecule has 2 heterocycles. The Kier molecular flexibility index (Phi) is 6.30. The van der Waals surface area contributed by atoms with Gasteiger partial charge in [0.25, 0.3) is 0 Å². The van der Waals surface area contributed by atoms with Crippen LogP contribution in [0.25, 0.3) is 22.5 Å². The molecule has 0 aliphatic heterocycles. The van der Waals surface area contributed by atoms with E-state index in [0.717, 1.165) is 66.2 Å². The normalized spacial score (nSPS) is 13.5. The van der Waals surface area contributed by atoms with Gasteiger partial charge in [0.05, 0.1) is 18.0 Å². The van der Waals surface area contributed by atoms with Gasteiger partial charge in [0.2, 0.25) is 5.82 Å². The lowest BCUT2D eigenvalue weighted by atomic mass is 9.95. The number of aromatic nitrogens is 6. The van der Waals surface area contributed by atoms with Crippen molar-refractivity contribution in [3.63, 3.8) is 0 Å². The predicted octanol–water partition coefficient (Wildman–Crippen LogP) is 4.57. The Morgan fingerprint density at radius 2 is 1.85 bits per heavy atom. The maximum Gasteiger partial charge on any atom is 0.205 e. The second kappa shape index (κ2) is 9.67. The minimum absolute atomic E-state index is 0.0390. The van der Waals surface area contributed by atoms with Crippen LogP contribution in [0.4, 0.5) is 0 Å². The number of aryl methyl sites for hydroxylation is 1. The molecule has 7 nitrogen and oxygen atoms in total. The molecule has 5 rings (SSSR count). The quantitative estimate of drug-likeness (QED) is 0.375. The summed E-state index contributed by atoms with van der Waals surface area (Å²) in [6.07, 6.45) is 6.55. The zero-order chi connectivity index (χ0) is 22.6. The number of unbranched alkanes of at least 4 members (excludes halogenated alkanes) is 1. The first-order valence-electron chi connectivity index (χ1n) is 11.9. The smallest absolute Gasteiger partial charge is 0.205 e. The fourth-order valence-corrected chi connectivity index (χ4v) is 4.42. The SMILES string of the molecule is CCCCc1nn(CC2CC2)c(CO)c1Cc1ccc(-c2ccccc2-c2nn[nH]n2)cc1. The third-order valence-corrected chi connectivity index (χ3v) is 6.45. The maximum atomic E-state index is 10.2. The number of rotatable bonds is 10. The predicted molar refractivity (Wildman–Crippen MR) is 127 cm³/mol. The molecule has 0 spiro atoms. The van der Waals surface area contributed by atoms with Gasteiger partial charge in [0.15, 0.2) is 0 Å². The van der Waals surface area contributed by atoms with Crippen molar-refractivity contribution in [2.24, 2.45) is 5.92 Å². The molecule has 33 heavy (non-hydrogen) atoms. The van der Waals surface area contributed by atoms with Crippen molar-refractivity contribution < 1.29 is 5.11 Å². The van der Waals surface area contributed by atoms with Crippen molar-refractivity contribution in [1.29, 1.82) is 0 Å². The number of nitrogens with one attached hydrogen (secondary N) is 1. The van der Waals surface area contributed by atoms with E-state index in [9.17, 15) is 5.11 Å². The zero-order valence-electron chi connectivity index (χ0n) is 19.0. The van der Waals surface area contributed by atoms with E-state index < -0.39 is 0 Å². The van der Waals surface area contributed by atoms with Crippen LogP contribution in [0.15, 0.2) is 48.5 Å². The molecule has 1 aliphatic rings. The number of aliphatic hydroxyl groups is 1.